The number of allylic oxidation sites excluding steroid dienone is 8. The van der Waals surface area contributed by atoms with Crippen LogP contribution in [0.25, 0.3) is 5.57 Å². The number of unbranched alkanes of at least 4 members (excludes halogenated alkanes) is 3. The Morgan fingerprint density at radius 3 is 1.71 bits per heavy atom. The summed E-state index contributed by atoms with van der Waals surface area (Å²) >= 11 is 0. The van der Waals surface area contributed by atoms with E-state index in [1.54, 1.807) is 6.92 Å². The Morgan fingerprint density at radius 1 is 0.862 bits per heavy atom. The summed E-state index contributed by atoms with van der Waals surface area (Å²) in [6, 6.07) is 6.71. The summed E-state index contributed by atoms with van der Waals surface area (Å²) in [6.45, 7) is 52.8. The first kappa shape index (κ1) is 59.6. The molecule has 1 fully saturated rings. The van der Waals surface area contributed by atoms with Gasteiger partial charge in [0.25, 0.3) is 0 Å². The Morgan fingerprint density at radius 2 is 1.38 bits per heavy atom. The largest absolute Gasteiger partial charge is 0.261 e. The van der Waals surface area contributed by atoms with Gasteiger partial charge in [-0.2, -0.15) is 0 Å². The van der Waals surface area contributed by atoms with E-state index in [4.69, 9.17) is 0 Å². The molecular formula is C56H98FN. The summed E-state index contributed by atoms with van der Waals surface area (Å²) in [4.78, 5) is 4.55. The van der Waals surface area contributed by atoms with Crippen molar-refractivity contribution in [1.82, 2.24) is 0 Å². The maximum atomic E-state index is 12.5. The lowest BCUT2D eigenvalue weighted by molar-refractivity contribution is 0.187. The van der Waals surface area contributed by atoms with Gasteiger partial charge in [0.2, 0.25) is 0 Å². The molecule has 0 saturated heterocycles. The fourth-order valence-corrected chi connectivity index (χ4v) is 7.06. The Hall–Kier alpha value is -2.74. The topological polar surface area (TPSA) is 12.4 Å². The second kappa shape index (κ2) is 34.0. The number of aryl methyl sites for hydroxylation is 1. The fraction of sp³-hybridized carbons (Fsp3) is 0.661. The number of hydrogen-bond acceptors (Lipinski definition) is 1. The number of benzene rings is 1. The molecule has 1 nitrogen and oxygen atoms in total. The van der Waals surface area contributed by atoms with E-state index in [-0.39, 0.29) is 17.2 Å². The van der Waals surface area contributed by atoms with E-state index < -0.39 is 0 Å². The second-order valence-corrected chi connectivity index (χ2v) is 18.4. The molecule has 0 radical (unpaired) electrons. The van der Waals surface area contributed by atoms with Crippen LogP contribution in [0.4, 0.5) is 4.39 Å². The zero-order chi connectivity index (χ0) is 45.6. The van der Waals surface area contributed by atoms with Crippen molar-refractivity contribution in [3.05, 3.63) is 101 Å². The molecule has 0 N–H and O–H groups in total. The standard InChI is InChI=1S/C26H37N.C13H26.C8H13F.C5H12.C4H10/c1-11-26(12-2,19(6)7)24-15-14-23(16-21(24)9)20(8)17-25(27-13-3)22(10)18(4)5;1-4-5-6-11(2)7-8-13-9-12(3)10-13;1-5-8(9)7(4)6(2)3;1-3-5-4-2;1-4(2)3/h13-17H,6,8,11-12H2,1-5,7,9-10H3;11-13H,4-10H2,1-3H3;5-6H,1H2,2-4H3;3-5H2,1-2H3;4H,1-3H3/b25-17+,27-13?;;8-7+;;. The van der Waals surface area contributed by atoms with Crippen molar-refractivity contribution in [1.29, 1.82) is 0 Å². The zero-order valence-electron chi connectivity index (χ0n) is 42.3. The Balaban J connectivity index is -0.000000800. The minimum absolute atomic E-state index is 0.0517. The predicted octanol–water partition coefficient (Wildman–Crippen LogP) is 19.5. The van der Waals surface area contributed by atoms with Crippen molar-refractivity contribution < 1.29 is 4.39 Å². The van der Waals surface area contributed by atoms with Gasteiger partial charge in [-0.25, -0.2) is 4.39 Å². The summed E-state index contributed by atoms with van der Waals surface area (Å²) in [6.07, 6.45) is 21.7. The maximum Gasteiger partial charge on any atom is 0.121 e. The van der Waals surface area contributed by atoms with Crippen molar-refractivity contribution in [2.24, 2.45) is 34.6 Å². The molecule has 0 amide bonds. The van der Waals surface area contributed by atoms with Gasteiger partial charge in [-0.1, -0.05) is 184 Å². The predicted molar refractivity (Wildman–Crippen MR) is 268 cm³/mol. The molecule has 0 spiro atoms. The minimum atomic E-state index is -0.190. The molecule has 0 bridgehead atoms. The van der Waals surface area contributed by atoms with Gasteiger partial charge in [0.05, 0.1) is 5.70 Å². The smallest absolute Gasteiger partial charge is 0.121 e. The van der Waals surface area contributed by atoms with Crippen LogP contribution in [0.2, 0.25) is 0 Å². The number of aliphatic imine (C=N–C) groups is 1. The van der Waals surface area contributed by atoms with Crippen LogP contribution in [0, 0.1) is 36.5 Å². The molecule has 2 rings (SSSR count). The molecule has 0 aliphatic heterocycles. The second-order valence-electron chi connectivity index (χ2n) is 18.4. The Kier molecular flexibility index (Phi) is 34.9. The maximum absolute atomic E-state index is 12.5. The number of hydrogen-bond donors (Lipinski definition) is 0. The first-order valence-electron chi connectivity index (χ1n) is 23.4. The van der Waals surface area contributed by atoms with Crippen molar-refractivity contribution in [3.63, 3.8) is 0 Å². The molecule has 1 saturated carbocycles. The highest BCUT2D eigenvalue weighted by molar-refractivity contribution is 5.75. The molecule has 1 aromatic carbocycles. The van der Waals surface area contributed by atoms with E-state index in [2.05, 4.69) is 153 Å². The van der Waals surface area contributed by atoms with Gasteiger partial charge in [0.15, 0.2) is 0 Å². The van der Waals surface area contributed by atoms with E-state index in [1.807, 2.05) is 27.0 Å². The van der Waals surface area contributed by atoms with Gasteiger partial charge in [-0.3, -0.25) is 4.99 Å². The highest BCUT2D eigenvalue weighted by Crippen LogP contribution is 2.40. The normalized spacial score (nSPS) is 15.9. The molecule has 0 aromatic heterocycles. The third-order valence-electron chi connectivity index (χ3n) is 11.6. The third-order valence-corrected chi connectivity index (χ3v) is 11.6. The van der Waals surface area contributed by atoms with Crippen LogP contribution >= 0.6 is 0 Å². The number of halogens is 1. The molecule has 58 heavy (non-hydrogen) atoms. The van der Waals surface area contributed by atoms with E-state index >= 15 is 0 Å². The monoisotopic (exact) mass is 804 g/mol. The summed E-state index contributed by atoms with van der Waals surface area (Å²) in [5.41, 5.74) is 10.3. The van der Waals surface area contributed by atoms with E-state index in [1.165, 1.54) is 98.1 Å². The van der Waals surface area contributed by atoms with E-state index in [9.17, 15) is 4.39 Å². The first-order chi connectivity index (χ1) is 27.1. The SMILES string of the molecule is C=C(/C=C(/N=CC)C(C)=C(C)C)c1ccc(C(CC)(CC)C(=C)C)c(C)c1.C=C/C(F)=C(/C)C(C)C.CC(C)C.CCCCC.CCCCC(C)CCC1CC(C)C1. The van der Waals surface area contributed by atoms with E-state index in [0.29, 0.717) is 0 Å². The molecule has 334 valence electrons. The van der Waals surface area contributed by atoms with Crippen LogP contribution in [0.5, 0.6) is 0 Å². The van der Waals surface area contributed by atoms with Crippen molar-refractivity contribution >= 4 is 11.8 Å². The quantitative estimate of drug-likeness (QED) is 0.0796. The van der Waals surface area contributed by atoms with Gasteiger partial charge in [-0.15, -0.1) is 0 Å². The summed E-state index contributed by atoms with van der Waals surface area (Å²) < 4.78 is 12.5. The van der Waals surface area contributed by atoms with Gasteiger partial charge in [0, 0.05) is 11.6 Å². The molecular weight excluding hydrogens is 706 g/mol. The summed E-state index contributed by atoms with van der Waals surface area (Å²) in [7, 11) is 0. The van der Waals surface area contributed by atoms with E-state index in [0.717, 1.165) is 58.9 Å². The minimum Gasteiger partial charge on any atom is -0.261 e. The average Bonchev–Trinajstić information content (AvgIpc) is 3.15. The van der Waals surface area contributed by atoms with Crippen LogP contribution in [0.1, 0.15) is 218 Å². The zero-order valence-corrected chi connectivity index (χ0v) is 42.3. The van der Waals surface area contributed by atoms with Gasteiger partial charge < -0.3 is 0 Å². The Labute approximate surface area is 364 Å². The molecule has 1 aromatic rings. The first-order valence-corrected chi connectivity index (χ1v) is 23.4. The number of nitrogens with zero attached hydrogens (tertiary/aromatic N) is 1. The van der Waals surface area contributed by atoms with Crippen molar-refractivity contribution in [2.75, 3.05) is 0 Å². The van der Waals surface area contributed by atoms with Crippen LogP contribution in [0.3, 0.4) is 0 Å². The van der Waals surface area contributed by atoms with Crippen LogP contribution in [0.15, 0.2) is 88.9 Å². The van der Waals surface area contributed by atoms with Crippen LogP contribution in [-0.4, -0.2) is 6.21 Å². The molecule has 1 aliphatic carbocycles. The van der Waals surface area contributed by atoms with Crippen LogP contribution < -0.4 is 0 Å². The van der Waals surface area contributed by atoms with Crippen molar-refractivity contribution in [2.45, 2.75) is 214 Å². The molecule has 1 aliphatic rings. The summed E-state index contributed by atoms with van der Waals surface area (Å²) in [5, 5.41) is 0. The van der Waals surface area contributed by atoms with Gasteiger partial charge in [-0.05, 0) is 149 Å². The Bertz CT molecular complexity index is 1390. The van der Waals surface area contributed by atoms with Gasteiger partial charge >= 0.3 is 0 Å². The number of rotatable bonds is 18. The lowest BCUT2D eigenvalue weighted by Gasteiger charge is -2.35. The molecule has 0 heterocycles. The van der Waals surface area contributed by atoms with Crippen molar-refractivity contribution in [3.8, 4) is 0 Å². The average molecular weight is 804 g/mol. The molecule has 1 unspecified atom stereocenters. The lowest BCUT2D eigenvalue weighted by atomic mass is 9.69. The lowest BCUT2D eigenvalue weighted by Crippen LogP contribution is -2.26. The highest BCUT2D eigenvalue weighted by Gasteiger charge is 2.30. The third kappa shape index (κ3) is 25.0. The van der Waals surface area contributed by atoms with Crippen LogP contribution in [-0.2, 0) is 5.41 Å². The van der Waals surface area contributed by atoms with Gasteiger partial charge in [0.1, 0.15) is 5.83 Å². The summed E-state index contributed by atoms with van der Waals surface area (Å²) in [5.74, 6) is 4.04. The fourth-order valence-electron chi connectivity index (χ4n) is 7.06. The molecule has 1 atom stereocenters. The highest BCUT2D eigenvalue weighted by atomic mass is 19.1. The molecule has 2 heteroatoms.